The van der Waals surface area contributed by atoms with Gasteiger partial charge in [-0.3, -0.25) is 4.79 Å². The molecule has 3 rings (SSSR count). The van der Waals surface area contributed by atoms with Crippen LogP contribution in [-0.2, 0) is 6.18 Å². The van der Waals surface area contributed by atoms with Crippen LogP contribution in [-0.4, -0.2) is 20.7 Å². The first-order valence-corrected chi connectivity index (χ1v) is 8.01. The molecule has 6 nitrogen and oxygen atoms in total. The quantitative estimate of drug-likeness (QED) is 0.699. The maximum Gasteiger partial charge on any atom is 0.417 e. The number of amides is 1. The molecule has 0 atom stereocenters. The lowest BCUT2D eigenvalue weighted by Gasteiger charge is -2.09. The standard InChI is InChI=1S/C17H13ClF3N5O/c1-9-14(15(22)26(25-9)12-5-3-2-4-11(12)18)16(27)24-13-7-6-10(8-23-13)17(19,20)21/h2-8H,22H2,1H3,(H,23,24,27). The first kappa shape index (κ1) is 18.7. The second kappa shape index (κ2) is 6.92. The average Bonchev–Trinajstić information content (AvgIpc) is 2.89. The molecule has 0 bridgehead atoms. The highest BCUT2D eigenvalue weighted by Crippen LogP contribution is 2.29. The topological polar surface area (TPSA) is 85.8 Å². The van der Waals surface area contributed by atoms with Crippen molar-refractivity contribution in [2.24, 2.45) is 0 Å². The number of alkyl halides is 3. The second-order valence-corrected chi connectivity index (χ2v) is 6.00. The van der Waals surface area contributed by atoms with Gasteiger partial charge in [-0.1, -0.05) is 23.7 Å². The SMILES string of the molecule is Cc1nn(-c2ccccc2Cl)c(N)c1C(=O)Nc1ccc(C(F)(F)F)cn1. The molecule has 2 heterocycles. The molecule has 3 N–H and O–H groups in total. The summed E-state index contributed by atoms with van der Waals surface area (Å²) in [6.07, 6.45) is -3.87. The number of para-hydroxylation sites is 1. The molecule has 27 heavy (non-hydrogen) atoms. The summed E-state index contributed by atoms with van der Waals surface area (Å²) in [6.45, 7) is 1.58. The number of nitrogens with zero attached hydrogens (tertiary/aromatic N) is 3. The van der Waals surface area contributed by atoms with Crippen molar-refractivity contribution in [1.29, 1.82) is 0 Å². The van der Waals surface area contributed by atoms with Crippen LogP contribution in [0.5, 0.6) is 0 Å². The first-order chi connectivity index (χ1) is 12.7. The van der Waals surface area contributed by atoms with E-state index in [1.165, 1.54) is 4.68 Å². The summed E-state index contributed by atoms with van der Waals surface area (Å²) >= 11 is 6.13. The number of hydrogen-bond acceptors (Lipinski definition) is 4. The van der Waals surface area contributed by atoms with Crippen LogP contribution in [0.15, 0.2) is 42.6 Å². The van der Waals surface area contributed by atoms with Gasteiger partial charge in [0.05, 0.1) is 22.0 Å². The Labute approximate surface area is 156 Å². The predicted octanol–water partition coefficient (Wildman–Crippen LogP) is 4.08. The minimum absolute atomic E-state index is 0.0442. The largest absolute Gasteiger partial charge is 0.417 e. The van der Waals surface area contributed by atoms with Gasteiger partial charge in [0.2, 0.25) is 0 Å². The first-order valence-electron chi connectivity index (χ1n) is 7.63. The van der Waals surface area contributed by atoms with Crippen molar-refractivity contribution in [1.82, 2.24) is 14.8 Å². The highest BCUT2D eigenvalue weighted by atomic mass is 35.5. The van der Waals surface area contributed by atoms with Crippen molar-refractivity contribution in [3.8, 4) is 5.69 Å². The Morgan fingerprint density at radius 2 is 1.93 bits per heavy atom. The van der Waals surface area contributed by atoms with Gasteiger partial charge in [0, 0.05) is 6.20 Å². The monoisotopic (exact) mass is 395 g/mol. The molecule has 0 aliphatic heterocycles. The summed E-state index contributed by atoms with van der Waals surface area (Å²) in [4.78, 5) is 16.1. The van der Waals surface area contributed by atoms with E-state index < -0.39 is 17.6 Å². The van der Waals surface area contributed by atoms with Crippen molar-refractivity contribution in [3.05, 3.63) is 64.4 Å². The molecular weight excluding hydrogens is 383 g/mol. The fraction of sp³-hybridized carbons (Fsp3) is 0.118. The van der Waals surface area contributed by atoms with E-state index in [2.05, 4.69) is 15.4 Å². The number of halogens is 4. The van der Waals surface area contributed by atoms with E-state index in [-0.39, 0.29) is 17.2 Å². The lowest BCUT2D eigenvalue weighted by Crippen LogP contribution is -2.16. The molecule has 0 saturated heterocycles. The van der Waals surface area contributed by atoms with Crippen molar-refractivity contribution >= 4 is 29.1 Å². The fourth-order valence-corrected chi connectivity index (χ4v) is 2.66. The highest BCUT2D eigenvalue weighted by Gasteiger charge is 2.30. The lowest BCUT2D eigenvalue weighted by atomic mass is 10.2. The molecule has 0 saturated carbocycles. The number of hydrogen-bond donors (Lipinski definition) is 2. The van der Waals surface area contributed by atoms with Gasteiger partial charge in [-0.25, -0.2) is 9.67 Å². The van der Waals surface area contributed by atoms with Crippen molar-refractivity contribution in [2.75, 3.05) is 11.1 Å². The average molecular weight is 396 g/mol. The second-order valence-electron chi connectivity index (χ2n) is 5.59. The molecule has 1 aromatic carbocycles. The predicted molar refractivity (Wildman–Crippen MR) is 94.9 cm³/mol. The zero-order valence-electron chi connectivity index (χ0n) is 13.9. The van der Waals surface area contributed by atoms with E-state index in [0.29, 0.717) is 22.6 Å². The van der Waals surface area contributed by atoms with E-state index in [1.807, 2.05) is 0 Å². The van der Waals surface area contributed by atoms with Crippen LogP contribution in [0.1, 0.15) is 21.6 Å². The number of nitrogens with one attached hydrogen (secondary N) is 1. The number of carbonyl (C=O) groups excluding carboxylic acids is 1. The highest BCUT2D eigenvalue weighted by molar-refractivity contribution is 6.32. The minimum Gasteiger partial charge on any atom is -0.383 e. The van der Waals surface area contributed by atoms with Gasteiger partial charge >= 0.3 is 6.18 Å². The summed E-state index contributed by atoms with van der Waals surface area (Å²) in [5.41, 5.74) is 6.04. The van der Waals surface area contributed by atoms with Crippen LogP contribution in [0.4, 0.5) is 24.8 Å². The Morgan fingerprint density at radius 3 is 2.52 bits per heavy atom. The van der Waals surface area contributed by atoms with Crippen LogP contribution < -0.4 is 11.1 Å². The zero-order chi connectivity index (χ0) is 19.8. The number of nitrogen functional groups attached to an aromatic ring is 1. The summed E-state index contributed by atoms with van der Waals surface area (Å²) in [7, 11) is 0. The fourth-order valence-electron chi connectivity index (χ4n) is 2.45. The number of aryl methyl sites for hydroxylation is 1. The van der Waals surface area contributed by atoms with Gasteiger partial charge in [-0.2, -0.15) is 18.3 Å². The Hall–Kier alpha value is -3.07. The number of benzene rings is 1. The van der Waals surface area contributed by atoms with E-state index in [1.54, 1.807) is 31.2 Å². The van der Waals surface area contributed by atoms with E-state index >= 15 is 0 Å². The summed E-state index contributed by atoms with van der Waals surface area (Å²) in [6, 6.07) is 8.70. The Bertz CT molecular complexity index is 999. The van der Waals surface area contributed by atoms with Crippen molar-refractivity contribution in [3.63, 3.8) is 0 Å². The van der Waals surface area contributed by atoms with E-state index in [0.717, 1.165) is 12.1 Å². The Balaban J connectivity index is 1.89. The number of rotatable bonds is 3. The Morgan fingerprint density at radius 1 is 1.22 bits per heavy atom. The van der Waals surface area contributed by atoms with Gasteiger partial charge in [0.1, 0.15) is 17.2 Å². The van der Waals surface area contributed by atoms with Gasteiger partial charge < -0.3 is 11.1 Å². The van der Waals surface area contributed by atoms with Gasteiger partial charge in [0.15, 0.2) is 0 Å². The zero-order valence-corrected chi connectivity index (χ0v) is 14.6. The van der Waals surface area contributed by atoms with Crippen LogP contribution in [0.3, 0.4) is 0 Å². The number of aromatic nitrogens is 3. The number of nitrogens with two attached hydrogens (primary N) is 1. The third-order valence-electron chi connectivity index (χ3n) is 3.74. The maximum atomic E-state index is 12.6. The molecule has 0 spiro atoms. The third kappa shape index (κ3) is 3.72. The molecule has 0 unspecified atom stereocenters. The molecule has 0 radical (unpaired) electrons. The maximum absolute atomic E-state index is 12.6. The van der Waals surface area contributed by atoms with Crippen LogP contribution in [0.2, 0.25) is 5.02 Å². The van der Waals surface area contributed by atoms with Crippen LogP contribution in [0.25, 0.3) is 5.69 Å². The van der Waals surface area contributed by atoms with Gasteiger partial charge in [-0.05, 0) is 31.2 Å². The summed E-state index contributed by atoms with van der Waals surface area (Å²) < 4.78 is 39.1. The molecule has 0 fully saturated rings. The van der Waals surface area contributed by atoms with Gasteiger partial charge in [-0.15, -0.1) is 0 Å². The van der Waals surface area contributed by atoms with E-state index in [4.69, 9.17) is 17.3 Å². The molecular formula is C17H13ClF3N5O. The smallest absolute Gasteiger partial charge is 0.383 e. The lowest BCUT2D eigenvalue weighted by molar-refractivity contribution is -0.137. The number of carbonyl (C=O) groups is 1. The normalized spacial score (nSPS) is 11.4. The third-order valence-corrected chi connectivity index (χ3v) is 4.06. The van der Waals surface area contributed by atoms with Gasteiger partial charge in [0.25, 0.3) is 5.91 Å². The molecule has 0 aliphatic rings. The van der Waals surface area contributed by atoms with Crippen LogP contribution >= 0.6 is 11.6 Å². The molecule has 1 amide bonds. The number of pyridine rings is 1. The molecule has 0 aliphatic carbocycles. The minimum atomic E-state index is -4.51. The molecule has 2 aromatic heterocycles. The van der Waals surface area contributed by atoms with Crippen LogP contribution in [0, 0.1) is 6.92 Å². The number of anilines is 2. The van der Waals surface area contributed by atoms with Crippen molar-refractivity contribution < 1.29 is 18.0 Å². The van der Waals surface area contributed by atoms with Crippen molar-refractivity contribution in [2.45, 2.75) is 13.1 Å². The molecule has 3 aromatic rings. The molecule has 140 valence electrons. The Kier molecular flexibility index (Phi) is 4.79. The molecule has 10 heteroatoms. The van der Waals surface area contributed by atoms with E-state index in [9.17, 15) is 18.0 Å². The summed E-state index contributed by atoms with van der Waals surface area (Å²) in [5, 5.41) is 7.03. The summed E-state index contributed by atoms with van der Waals surface area (Å²) in [5.74, 6) is -0.641.